The van der Waals surface area contributed by atoms with Gasteiger partial charge >= 0.3 is 0 Å². The van der Waals surface area contributed by atoms with Gasteiger partial charge in [-0.25, -0.2) is 0 Å². The lowest BCUT2D eigenvalue weighted by Crippen LogP contribution is -2.39. The number of carbonyl (C=O) groups excluding carboxylic acids is 4. The lowest BCUT2D eigenvalue weighted by Gasteiger charge is -2.42. The lowest BCUT2D eigenvalue weighted by atomic mass is 9.59. The summed E-state index contributed by atoms with van der Waals surface area (Å²) in [4.78, 5) is 51.5. The largest absolute Gasteiger partial charge is 0.507 e. The number of fused-ring (bicyclic) bond motifs is 4. The summed E-state index contributed by atoms with van der Waals surface area (Å²) in [5.41, 5.74) is 2.51. The van der Waals surface area contributed by atoms with Crippen LogP contribution >= 0.6 is 0 Å². The molecule has 0 bridgehead atoms. The second kappa shape index (κ2) is 6.85. The van der Waals surface area contributed by atoms with E-state index in [1.165, 1.54) is 6.08 Å². The molecule has 1 fully saturated rings. The third-order valence-corrected chi connectivity index (χ3v) is 7.65. The highest BCUT2D eigenvalue weighted by Gasteiger charge is 2.53. The number of imide groups is 1. The topological polar surface area (TPSA) is 101 Å². The summed E-state index contributed by atoms with van der Waals surface area (Å²) >= 11 is 0. The molecule has 1 saturated heterocycles. The Hall–Kier alpha value is -3.80. The second-order valence-corrected chi connectivity index (χ2v) is 9.31. The zero-order chi connectivity index (χ0) is 23.0. The molecule has 0 radical (unpaired) electrons. The molecule has 2 amide bonds. The van der Waals surface area contributed by atoms with Gasteiger partial charge in [0.15, 0.2) is 11.6 Å². The first-order valence-corrected chi connectivity index (χ1v) is 11.1. The summed E-state index contributed by atoms with van der Waals surface area (Å²) in [5.74, 6) is -3.07. The molecule has 164 valence electrons. The summed E-state index contributed by atoms with van der Waals surface area (Å²) in [6, 6.07) is 11.1. The van der Waals surface area contributed by atoms with Crippen molar-refractivity contribution in [1.82, 2.24) is 5.32 Å². The summed E-state index contributed by atoms with van der Waals surface area (Å²) in [6.07, 6.45) is 3.93. The molecule has 4 unspecified atom stereocenters. The molecule has 4 atom stereocenters. The fourth-order valence-electron chi connectivity index (χ4n) is 6.15. The Morgan fingerprint density at radius 3 is 2.58 bits per heavy atom. The van der Waals surface area contributed by atoms with E-state index in [9.17, 15) is 24.3 Å². The van der Waals surface area contributed by atoms with Crippen molar-refractivity contribution in [2.75, 3.05) is 0 Å². The normalized spacial score (nSPS) is 28.8. The fourth-order valence-corrected chi connectivity index (χ4v) is 6.15. The predicted octanol–water partition coefficient (Wildman–Crippen LogP) is 3.26. The highest BCUT2D eigenvalue weighted by Crippen LogP contribution is 2.55. The van der Waals surface area contributed by atoms with E-state index in [2.05, 4.69) is 5.32 Å². The van der Waals surface area contributed by atoms with Gasteiger partial charge < -0.3 is 5.11 Å². The minimum absolute atomic E-state index is 0.0621. The molecular weight excluding hydrogens is 418 g/mol. The van der Waals surface area contributed by atoms with Gasteiger partial charge in [-0.15, -0.1) is 0 Å². The number of hydrogen-bond acceptors (Lipinski definition) is 5. The van der Waals surface area contributed by atoms with Crippen molar-refractivity contribution < 1.29 is 24.3 Å². The minimum atomic E-state index is -0.645. The molecule has 2 N–H and O–H groups in total. The summed E-state index contributed by atoms with van der Waals surface area (Å²) in [5, 5.41) is 15.2. The average molecular weight is 439 g/mol. The first-order valence-electron chi connectivity index (χ1n) is 11.1. The van der Waals surface area contributed by atoms with Gasteiger partial charge in [-0.05, 0) is 37.1 Å². The number of allylic oxidation sites excluding steroid dienone is 6. The van der Waals surface area contributed by atoms with Crippen molar-refractivity contribution in [2.24, 2.45) is 17.8 Å². The predicted molar refractivity (Wildman–Crippen MR) is 120 cm³/mol. The average Bonchev–Trinajstić information content (AvgIpc) is 3.10. The maximum absolute atomic E-state index is 13.2. The van der Waals surface area contributed by atoms with E-state index >= 15 is 0 Å². The number of hydrogen-bond donors (Lipinski definition) is 2. The Labute approximate surface area is 189 Å². The number of phenolic OH excluding ortho intramolecular Hbond substituents is 1. The van der Waals surface area contributed by atoms with Gasteiger partial charge in [0.25, 0.3) is 0 Å². The molecule has 4 aliphatic rings. The van der Waals surface area contributed by atoms with E-state index in [1.54, 1.807) is 13.0 Å². The third kappa shape index (κ3) is 2.67. The highest BCUT2D eigenvalue weighted by molar-refractivity contribution is 6.24. The number of ketones is 2. The van der Waals surface area contributed by atoms with E-state index in [1.807, 2.05) is 36.4 Å². The Kier molecular flexibility index (Phi) is 4.12. The number of Topliss-reactive ketones (excluding diaryl/α,β-unsaturated/α-hetero) is 1. The number of rotatable bonds is 1. The van der Waals surface area contributed by atoms with Gasteiger partial charge in [0.2, 0.25) is 11.8 Å². The SMILES string of the molecule is CC1=CC(=O)C2=C(CC3C(=CCC4C(=O)NC(=O)C43)C2c2ccc3ccccc3c2O)C1=O. The van der Waals surface area contributed by atoms with Crippen LogP contribution in [0.5, 0.6) is 5.75 Å². The van der Waals surface area contributed by atoms with Gasteiger partial charge in [-0.1, -0.05) is 48.0 Å². The quantitative estimate of drug-likeness (QED) is 0.404. The molecule has 1 heterocycles. The molecule has 6 rings (SSSR count). The Morgan fingerprint density at radius 1 is 0.970 bits per heavy atom. The van der Waals surface area contributed by atoms with Crippen LogP contribution in [0, 0.1) is 17.8 Å². The zero-order valence-corrected chi connectivity index (χ0v) is 17.9. The first kappa shape index (κ1) is 19.9. The third-order valence-electron chi connectivity index (χ3n) is 7.65. The molecule has 6 nitrogen and oxygen atoms in total. The monoisotopic (exact) mass is 439 g/mol. The number of carbonyl (C=O) groups is 4. The van der Waals surface area contributed by atoms with Crippen LogP contribution in [0.1, 0.15) is 31.2 Å². The van der Waals surface area contributed by atoms with Crippen LogP contribution in [-0.4, -0.2) is 28.5 Å². The lowest BCUT2D eigenvalue weighted by molar-refractivity contribution is -0.126. The van der Waals surface area contributed by atoms with Crippen molar-refractivity contribution >= 4 is 34.2 Å². The van der Waals surface area contributed by atoms with Gasteiger partial charge in [-0.3, -0.25) is 24.5 Å². The number of phenols is 1. The smallest absolute Gasteiger partial charge is 0.231 e. The molecule has 33 heavy (non-hydrogen) atoms. The molecule has 2 aromatic rings. The standard InChI is InChI=1S/C27H21NO5/c1-12-10-20(29)23-19(24(12)30)11-18-15(8-9-17-22(18)27(33)28-26(17)32)21(23)16-7-6-13-4-2-3-5-14(13)25(16)31/h2-8,10,17-18,21-22,31H,9,11H2,1H3,(H,28,32,33). The van der Waals surface area contributed by atoms with E-state index in [4.69, 9.17) is 0 Å². The molecule has 0 spiro atoms. The van der Waals surface area contributed by atoms with Crippen LogP contribution in [0.25, 0.3) is 10.8 Å². The second-order valence-electron chi connectivity index (χ2n) is 9.31. The number of nitrogens with one attached hydrogen (secondary N) is 1. The van der Waals surface area contributed by atoms with Crippen LogP contribution in [0.2, 0.25) is 0 Å². The number of amides is 2. The van der Waals surface area contributed by atoms with Crippen LogP contribution in [0.3, 0.4) is 0 Å². The van der Waals surface area contributed by atoms with Gasteiger partial charge in [-0.2, -0.15) is 0 Å². The van der Waals surface area contributed by atoms with Gasteiger partial charge in [0.1, 0.15) is 5.75 Å². The molecule has 6 heteroatoms. The maximum Gasteiger partial charge on any atom is 0.231 e. The summed E-state index contributed by atoms with van der Waals surface area (Å²) < 4.78 is 0. The summed E-state index contributed by atoms with van der Waals surface area (Å²) in [7, 11) is 0. The van der Waals surface area contributed by atoms with Crippen molar-refractivity contribution in [3.63, 3.8) is 0 Å². The van der Waals surface area contributed by atoms with Crippen LogP contribution < -0.4 is 5.32 Å². The fraction of sp³-hybridized carbons (Fsp3) is 0.259. The number of benzene rings is 2. The molecular formula is C27H21NO5. The molecule has 2 aromatic carbocycles. The van der Waals surface area contributed by atoms with E-state index in [-0.39, 0.29) is 41.5 Å². The van der Waals surface area contributed by atoms with Crippen molar-refractivity contribution in [1.29, 1.82) is 0 Å². The highest BCUT2D eigenvalue weighted by atomic mass is 16.3. The van der Waals surface area contributed by atoms with Crippen LogP contribution in [-0.2, 0) is 19.2 Å². The molecule has 3 aliphatic carbocycles. The van der Waals surface area contributed by atoms with E-state index in [0.717, 1.165) is 11.0 Å². The van der Waals surface area contributed by atoms with Crippen LogP contribution in [0.4, 0.5) is 0 Å². The zero-order valence-electron chi connectivity index (χ0n) is 17.9. The summed E-state index contributed by atoms with van der Waals surface area (Å²) in [6.45, 7) is 1.62. The molecule has 1 aliphatic heterocycles. The van der Waals surface area contributed by atoms with Crippen molar-refractivity contribution in [3.8, 4) is 5.75 Å². The molecule has 0 aromatic heterocycles. The Balaban J connectivity index is 1.61. The number of aromatic hydroxyl groups is 1. The van der Waals surface area contributed by atoms with Gasteiger partial charge in [0, 0.05) is 33.6 Å². The maximum atomic E-state index is 13.2. The Morgan fingerprint density at radius 2 is 1.76 bits per heavy atom. The Bertz CT molecular complexity index is 1410. The van der Waals surface area contributed by atoms with Crippen molar-refractivity contribution in [3.05, 3.63) is 76.4 Å². The first-order chi connectivity index (χ1) is 15.9. The van der Waals surface area contributed by atoms with E-state index < -0.39 is 17.8 Å². The molecule has 0 saturated carbocycles. The van der Waals surface area contributed by atoms with Crippen LogP contribution in [0.15, 0.2) is 70.8 Å². The van der Waals surface area contributed by atoms with Gasteiger partial charge in [0.05, 0.1) is 11.8 Å². The van der Waals surface area contributed by atoms with E-state index in [0.29, 0.717) is 34.1 Å². The minimum Gasteiger partial charge on any atom is -0.507 e. The van der Waals surface area contributed by atoms with Crippen molar-refractivity contribution in [2.45, 2.75) is 25.7 Å².